The third-order valence-electron chi connectivity index (χ3n) is 3.95. The molecular weight excluding hydrogens is 308 g/mol. The Balaban J connectivity index is 2.17. The standard InChI is InChI=1S/C21H20N4/c1-15-13-19(25-21(23-2)18(15)14-22)24-20(16-9-5-3-6-10-16)17-11-7-4-8-12-17/h3-14,22H,1-2H3,(H,23,25). The van der Waals surface area contributed by atoms with E-state index in [1.807, 2.05) is 73.7 Å². The van der Waals surface area contributed by atoms with Gasteiger partial charge in [0, 0.05) is 30.0 Å². The van der Waals surface area contributed by atoms with Crippen molar-refractivity contribution >= 4 is 23.6 Å². The van der Waals surface area contributed by atoms with E-state index in [1.54, 1.807) is 7.05 Å². The van der Waals surface area contributed by atoms with Crippen LogP contribution in [-0.2, 0) is 0 Å². The van der Waals surface area contributed by atoms with Crippen LogP contribution in [0.1, 0.15) is 22.3 Å². The van der Waals surface area contributed by atoms with E-state index in [-0.39, 0.29) is 0 Å². The molecule has 25 heavy (non-hydrogen) atoms. The molecule has 0 bridgehead atoms. The molecule has 2 N–H and O–H groups in total. The summed E-state index contributed by atoms with van der Waals surface area (Å²) < 4.78 is 0. The minimum atomic E-state index is 0.621. The summed E-state index contributed by atoms with van der Waals surface area (Å²) in [6.45, 7) is 1.96. The quantitative estimate of drug-likeness (QED) is 0.672. The Morgan fingerprint density at radius 1 is 1.00 bits per heavy atom. The van der Waals surface area contributed by atoms with Crippen molar-refractivity contribution in [3.8, 4) is 0 Å². The van der Waals surface area contributed by atoms with E-state index >= 15 is 0 Å². The normalized spacial score (nSPS) is 10.2. The van der Waals surface area contributed by atoms with Crippen molar-refractivity contribution in [3.63, 3.8) is 0 Å². The lowest BCUT2D eigenvalue weighted by atomic mass is 10.0. The van der Waals surface area contributed by atoms with Crippen molar-refractivity contribution in [2.75, 3.05) is 12.4 Å². The summed E-state index contributed by atoms with van der Waals surface area (Å²) in [5.74, 6) is 1.28. The second-order valence-corrected chi connectivity index (χ2v) is 5.65. The Kier molecular flexibility index (Phi) is 5.00. The van der Waals surface area contributed by atoms with Gasteiger partial charge in [-0.2, -0.15) is 0 Å². The van der Waals surface area contributed by atoms with Crippen molar-refractivity contribution in [1.29, 1.82) is 5.41 Å². The van der Waals surface area contributed by atoms with Gasteiger partial charge in [-0.15, -0.1) is 0 Å². The summed E-state index contributed by atoms with van der Waals surface area (Å²) in [7, 11) is 1.80. The Hall–Kier alpha value is -3.27. The molecule has 0 saturated heterocycles. The Labute approximate surface area is 147 Å². The molecule has 0 unspecified atom stereocenters. The highest BCUT2D eigenvalue weighted by Crippen LogP contribution is 2.23. The van der Waals surface area contributed by atoms with Gasteiger partial charge in [-0.1, -0.05) is 60.7 Å². The van der Waals surface area contributed by atoms with E-state index in [1.165, 1.54) is 6.21 Å². The summed E-state index contributed by atoms with van der Waals surface area (Å²) in [6.07, 6.45) is 1.32. The third kappa shape index (κ3) is 3.63. The number of aliphatic imine (C=N–C) groups is 1. The van der Waals surface area contributed by atoms with Crippen molar-refractivity contribution in [2.45, 2.75) is 6.92 Å². The molecule has 0 aliphatic heterocycles. The zero-order chi connectivity index (χ0) is 17.6. The molecule has 4 heteroatoms. The first-order chi connectivity index (χ1) is 12.2. The van der Waals surface area contributed by atoms with Crippen LogP contribution in [0.5, 0.6) is 0 Å². The van der Waals surface area contributed by atoms with Crippen molar-refractivity contribution in [2.24, 2.45) is 4.99 Å². The fourth-order valence-electron chi connectivity index (χ4n) is 2.70. The number of rotatable bonds is 5. The maximum absolute atomic E-state index is 7.57. The number of pyridine rings is 1. The number of aromatic nitrogens is 1. The molecule has 1 heterocycles. The molecule has 0 fully saturated rings. The lowest BCUT2D eigenvalue weighted by Gasteiger charge is -2.11. The summed E-state index contributed by atoms with van der Waals surface area (Å²) in [6, 6.07) is 22.1. The average molecular weight is 328 g/mol. The van der Waals surface area contributed by atoms with Gasteiger partial charge in [-0.25, -0.2) is 9.98 Å². The van der Waals surface area contributed by atoms with Crippen LogP contribution in [-0.4, -0.2) is 24.0 Å². The SMILES string of the molecule is CNc1nc(N=C(c2ccccc2)c2ccccc2)cc(C)c1C=N. The molecule has 4 nitrogen and oxygen atoms in total. The molecule has 2 aromatic carbocycles. The second-order valence-electron chi connectivity index (χ2n) is 5.65. The zero-order valence-corrected chi connectivity index (χ0v) is 14.3. The number of aryl methyl sites for hydroxylation is 1. The number of anilines is 1. The molecule has 0 spiro atoms. The lowest BCUT2D eigenvalue weighted by Crippen LogP contribution is -2.04. The van der Waals surface area contributed by atoms with E-state index in [9.17, 15) is 0 Å². The number of hydrogen-bond donors (Lipinski definition) is 2. The molecule has 0 radical (unpaired) electrons. The maximum atomic E-state index is 7.57. The van der Waals surface area contributed by atoms with Gasteiger partial charge in [0.1, 0.15) is 5.82 Å². The Morgan fingerprint density at radius 2 is 1.56 bits per heavy atom. The zero-order valence-electron chi connectivity index (χ0n) is 14.3. The van der Waals surface area contributed by atoms with Crippen LogP contribution in [0.2, 0.25) is 0 Å². The highest BCUT2D eigenvalue weighted by molar-refractivity contribution is 6.13. The predicted octanol–water partition coefficient (Wildman–Crippen LogP) is 4.60. The Morgan fingerprint density at radius 3 is 2.04 bits per heavy atom. The number of nitrogens with zero attached hydrogens (tertiary/aromatic N) is 2. The molecule has 0 saturated carbocycles. The molecule has 1 aromatic heterocycles. The van der Waals surface area contributed by atoms with Crippen LogP contribution in [0.3, 0.4) is 0 Å². The van der Waals surface area contributed by atoms with Gasteiger partial charge in [0.2, 0.25) is 0 Å². The number of benzene rings is 2. The molecular formula is C21H20N4. The van der Waals surface area contributed by atoms with Crippen LogP contribution in [0.15, 0.2) is 71.7 Å². The molecule has 0 amide bonds. The average Bonchev–Trinajstić information content (AvgIpc) is 2.67. The highest BCUT2D eigenvalue weighted by atomic mass is 15.0. The van der Waals surface area contributed by atoms with Crippen molar-refractivity contribution in [3.05, 3.63) is 89.0 Å². The Bertz CT molecular complexity index is 858. The van der Waals surface area contributed by atoms with Gasteiger partial charge in [0.15, 0.2) is 5.82 Å². The van der Waals surface area contributed by atoms with E-state index < -0.39 is 0 Å². The van der Waals surface area contributed by atoms with Crippen LogP contribution in [0, 0.1) is 12.3 Å². The van der Waals surface area contributed by atoms with Crippen LogP contribution >= 0.6 is 0 Å². The van der Waals surface area contributed by atoms with Gasteiger partial charge in [-0.05, 0) is 18.6 Å². The minimum absolute atomic E-state index is 0.621. The summed E-state index contributed by atoms with van der Waals surface area (Å²) in [5, 5.41) is 10.6. The fraction of sp³-hybridized carbons (Fsp3) is 0.0952. The van der Waals surface area contributed by atoms with E-state index in [0.29, 0.717) is 11.6 Å². The minimum Gasteiger partial charge on any atom is -0.373 e. The van der Waals surface area contributed by atoms with Gasteiger partial charge in [0.05, 0.1) is 5.71 Å². The summed E-state index contributed by atoms with van der Waals surface area (Å²) >= 11 is 0. The van der Waals surface area contributed by atoms with Crippen LogP contribution in [0.25, 0.3) is 0 Å². The monoisotopic (exact) mass is 328 g/mol. The van der Waals surface area contributed by atoms with Gasteiger partial charge < -0.3 is 10.7 Å². The summed E-state index contributed by atoms with van der Waals surface area (Å²) in [4.78, 5) is 9.40. The fourth-order valence-corrected chi connectivity index (χ4v) is 2.70. The second kappa shape index (κ2) is 7.53. The molecule has 3 rings (SSSR count). The topological polar surface area (TPSA) is 61.1 Å². The molecule has 124 valence electrons. The number of hydrogen-bond acceptors (Lipinski definition) is 4. The van der Waals surface area contributed by atoms with Gasteiger partial charge in [-0.3, -0.25) is 0 Å². The smallest absolute Gasteiger partial charge is 0.155 e. The third-order valence-corrected chi connectivity index (χ3v) is 3.95. The van der Waals surface area contributed by atoms with Crippen molar-refractivity contribution < 1.29 is 0 Å². The van der Waals surface area contributed by atoms with Gasteiger partial charge >= 0.3 is 0 Å². The largest absolute Gasteiger partial charge is 0.373 e. The lowest BCUT2D eigenvalue weighted by molar-refractivity contribution is 1.21. The van der Waals surface area contributed by atoms with E-state index in [2.05, 4.69) is 10.3 Å². The molecule has 0 atom stereocenters. The number of nitrogens with one attached hydrogen (secondary N) is 2. The van der Waals surface area contributed by atoms with Crippen molar-refractivity contribution in [1.82, 2.24) is 4.98 Å². The van der Waals surface area contributed by atoms with E-state index in [4.69, 9.17) is 10.4 Å². The predicted molar refractivity (Wildman–Crippen MR) is 105 cm³/mol. The highest BCUT2D eigenvalue weighted by Gasteiger charge is 2.10. The molecule has 0 aliphatic carbocycles. The summed E-state index contributed by atoms with van der Waals surface area (Å²) in [5.41, 5.74) is 4.69. The molecule has 3 aromatic rings. The maximum Gasteiger partial charge on any atom is 0.155 e. The first-order valence-electron chi connectivity index (χ1n) is 8.12. The van der Waals surface area contributed by atoms with Crippen LogP contribution < -0.4 is 5.32 Å². The van der Waals surface area contributed by atoms with Gasteiger partial charge in [0.25, 0.3) is 0 Å². The van der Waals surface area contributed by atoms with E-state index in [0.717, 1.165) is 28.0 Å². The molecule has 0 aliphatic rings. The first-order valence-corrected chi connectivity index (χ1v) is 8.12. The first kappa shape index (κ1) is 16.6. The van der Waals surface area contributed by atoms with Crippen LogP contribution in [0.4, 0.5) is 11.6 Å².